The van der Waals surface area contributed by atoms with E-state index in [0.717, 1.165) is 47.5 Å². The predicted molar refractivity (Wildman–Crippen MR) is 285 cm³/mol. The molecule has 10 rings (SSSR count). The maximum Gasteiger partial charge on any atom is 0.296 e. The standard InChI is InChI=1S/C60H68F4N8O5/c1-38-51(59(76)72(46-12-14-49(73)15-13-46)55-31-47(34-65)71(39(55)2)60(63)64)33-56(66(38)3)52-28-41-17-24-69(57(74)30-42-11-16-50(32-54(42)62)77-26-25-67-22-18-45(61)19-23-67)35-44(41)29-53(52)58(75)70-36-43-10-6-5-9-40(43)27-48(70)37-68-20-7-4-8-21-68/h5-6,9-16,28-29,32-33,39,45,47-48,55,60,73H,4,7-8,17-27,30-31,35-37H2,1-3H3/t39?,47?,48-,55?/m0/s1. The number of alkyl halides is 3. The molecule has 0 bridgehead atoms. The van der Waals surface area contributed by atoms with Crippen molar-refractivity contribution in [3.8, 4) is 28.8 Å². The lowest BCUT2D eigenvalue weighted by atomic mass is 9.89. The van der Waals surface area contributed by atoms with Crippen molar-refractivity contribution in [3.63, 3.8) is 0 Å². The first-order chi connectivity index (χ1) is 37.1. The summed E-state index contributed by atoms with van der Waals surface area (Å²) in [7, 11) is 1.83. The number of fused-ring (bicyclic) bond motifs is 2. The minimum absolute atomic E-state index is 0.0333. The van der Waals surface area contributed by atoms with E-state index in [9.17, 15) is 28.3 Å². The summed E-state index contributed by atoms with van der Waals surface area (Å²) in [6.07, 6.45) is 4.51. The van der Waals surface area contributed by atoms with Crippen molar-refractivity contribution in [2.45, 2.75) is 122 Å². The highest BCUT2D eigenvalue weighted by Gasteiger charge is 2.48. The molecule has 17 heteroatoms. The SMILES string of the molecule is Cc1c(C(=O)N(c2ccc(O)cc2)C2CC(C#N)N(C(F)F)C2C)cc(-c2cc3c(cc2C(=O)N2Cc4ccccc4C[C@H]2CN2CCCCC2)CN(C(=O)Cc2ccc(OCCN4CCC(F)CC4)cc2F)CC3)n1C. The van der Waals surface area contributed by atoms with Gasteiger partial charge >= 0.3 is 0 Å². The number of benzene rings is 4. The van der Waals surface area contributed by atoms with Gasteiger partial charge in [0.15, 0.2) is 0 Å². The highest BCUT2D eigenvalue weighted by atomic mass is 19.3. The molecule has 5 aliphatic rings. The van der Waals surface area contributed by atoms with E-state index in [1.807, 2.05) is 46.8 Å². The molecule has 3 fully saturated rings. The molecule has 3 saturated heterocycles. The van der Waals surface area contributed by atoms with Crippen molar-refractivity contribution < 1.29 is 41.8 Å². The summed E-state index contributed by atoms with van der Waals surface area (Å²) in [6, 6.07) is 23.4. The number of likely N-dealkylation sites (tertiary alicyclic amines) is 3. The van der Waals surface area contributed by atoms with Gasteiger partial charge in [0.1, 0.15) is 36.1 Å². The Morgan fingerprint density at radius 2 is 1.60 bits per heavy atom. The fraction of sp³-hybridized carbons (Fsp3) is 0.467. The molecular formula is C60H68F4N8O5. The Morgan fingerprint density at radius 1 is 0.857 bits per heavy atom. The molecule has 3 amide bonds. The number of piperidine rings is 2. The first kappa shape index (κ1) is 53.6. The van der Waals surface area contributed by atoms with Crippen molar-refractivity contribution >= 4 is 23.4 Å². The quantitative estimate of drug-likeness (QED) is 0.0856. The van der Waals surface area contributed by atoms with E-state index in [1.54, 1.807) is 49.1 Å². The Morgan fingerprint density at radius 3 is 2.30 bits per heavy atom. The van der Waals surface area contributed by atoms with Gasteiger partial charge in [0.2, 0.25) is 5.91 Å². The Bertz CT molecular complexity index is 3020. The molecule has 6 heterocycles. The van der Waals surface area contributed by atoms with Crippen LogP contribution < -0.4 is 9.64 Å². The highest BCUT2D eigenvalue weighted by Crippen LogP contribution is 2.39. The number of anilines is 1. The fourth-order valence-electron chi connectivity index (χ4n) is 12.4. The molecule has 4 aromatic carbocycles. The van der Waals surface area contributed by atoms with Crippen LogP contribution in [-0.4, -0.2) is 141 Å². The number of hydrogen-bond donors (Lipinski definition) is 1. The van der Waals surface area contributed by atoms with Crippen LogP contribution in [0.5, 0.6) is 11.5 Å². The Labute approximate surface area is 448 Å². The monoisotopic (exact) mass is 1060 g/mol. The zero-order chi connectivity index (χ0) is 54.1. The van der Waals surface area contributed by atoms with E-state index in [-0.39, 0.29) is 54.1 Å². The van der Waals surface area contributed by atoms with Crippen LogP contribution in [0, 0.1) is 24.1 Å². The van der Waals surface area contributed by atoms with Crippen molar-refractivity contribution in [3.05, 3.63) is 135 Å². The number of nitrogens with zero attached hydrogens (tertiary/aromatic N) is 8. The molecule has 0 radical (unpaired) electrons. The Kier molecular flexibility index (Phi) is 16.1. The van der Waals surface area contributed by atoms with Gasteiger partial charge in [0, 0.05) is 99.2 Å². The molecule has 13 nitrogen and oxygen atoms in total. The lowest BCUT2D eigenvalue weighted by Crippen LogP contribution is -2.51. The zero-order valence-corrected chi connectivity index (χ0v) is 44.2. The van der Waals surface area contributed by atoms with Crippen molar-refractivity contribution in [1.82, 2.24) is 29.1 Å². The predicted octanol–water partition coefficient (Wildman–Crippen LogP) is 9.06. The van der Waals surface area contributed by atoms with E-state index in [2.05, 4.69) is 21.9 Å². The number of aromatic nitrogens is 1. The fourth-order valence-corrected chi connectivity index (χ4v) is 12.4. The molecular weight excluding hydrogens is 989 g/mol. The molecule has 3 unspecified atom stereocenters. The van der Waals surface area contributed by atoms with Crippen LogP contribution in [0.15, 0.2) is 84.9 Å². The van der Waals surface area contributed by atoms with Crippen LogP contribution in [0.25, 0.3) is 11.3 Å². The maximum atomic E-state index is 15.8. The largest absolute Gasteiger partial charge is 0.508 e. The third-order valence-corrected chi connectivity index (χ3v) is 17.0. The van der Waals surface area contributed by atoms with Crippen LogP contribution in [0.1, 0.15) is 99.7 Å². The molecule has 5 aliphatic heterocycles. The molecule has 77 heavy (non-hydrogen) atoms. The molecule has 0 spiro atoms. The van der Waals surface area contributed by atoms with E-state index in [1.165, 1.54) is 35.1 Å². The topological polar surface area (TPSA) is 129 Å². The minimum atomic E-state index is -2.93. The summed E-state index contributed by atoms with van der Waals surface area (Å²) in [5.74, 6) is -1.18. The Hall–Kier alpha value is -6.74. The molecule has 5 aromatic rings. The molecule has 406 valence electrons. The van der Waals surface area contributed by atoms with Gasteiger partial charge in [-0.2, -0.15) is 14.0 Å². The summed E-state index contributed by atoms with van der Waals surface area (Å²) >= 11 is 0. The molecule has 1 N–H and O–H groups in total. The summed E-state index contributed by atoms with van der Waals surface area (Å²) in [5, 5.41) is 20.3. The average molecular weight is 1060 g/mol. The number of ether oxygens (including phenoxy) is 1. The van der Waals surface area contributed by atoms with Crippen LogP contribution >= 0.6 is 0 Å². The van der Waals surface area contributed by atoms with Gasteiger partial charge in [0.25, 0.3) is 18.4 Å². The number of carbonyl (C=O) groups excluding carboxylic acids is 3. The number of phenols is 1. The van der Waals surface area contributed by atoms with Crippen molar-refractivity contribution in [2.24, 2.45) is 7.05 Å². The summed E-state index contributed by atoms with van der Waals surface area (Å²) in [5.41, 5.74) is 7.00. The number of aromatic hydroxyl groups is 1. The second-order valence-electron chi connectivity index (χ2n) is 21.6. The first-order valence-corrected chi connectivity index (χ1v) is 27.2. The van der Waals surface area contributed by atoms with E-state index in [0.29, 0.717) is 106 Å². The lowest BCUT2D eigenvalue weighted by Gasteiger charge is -2.41. The van der Waals surface area contributed by atoms with Crippen LogP contribution in [0.4, 0.5) is 23.2 Å². The number of phenolic OH excluding ortho intramolecular Hbond substituents is 1. The van der Waals surface area contributed by atoms with Gasteiger partial charge in [-0.1, -0.05) is 36.8 Å². The minimum Gasteiger partial charge on any atom is -0.508 e. The van der Waals surface area contributed by atoms with Gasteiger partial charge in [0.05, 0.1) is 24.1 Å². The van der Waals surface area contributed by atoms with Gasteiger partial charge < -0.3 is 34.0 Å². The smallest absolute Gasteiger partial charge is 0.296 e. The second kappa shape index (κ2) is 23.1. The van der Waals surface area contributed by atoms with Crippen LogP contribution in [0.2, 0.25) is 0 Å². The third kappa shape index (κ3) is 11.3. The summed E-state index contributed by atoms with van der Waals surface area (Å²) < 4.78 is 66.0. The van der Waals surface area contributed by atoms with Gasteiger partial charge in [-0.25, -0.2) is 13.7 Å². The number of hydrogen-bond acceptors (Lipinski definition) is 9. The van der Waals surface area contributed by atoms with Crippen molar-refractivity contribution in [1.29, 1.82) is 5.26 Å². The first-order valence-electron chi connectivity index (χ1n) is 27.2. The molecule has 4 atom stereocenters. The zero-order valence-electron chi connectivity index (χ0n) is 44.2. The van der Waals surface area contributed by atoms with Crippen LogP contribution in [0.3, 0.4) is 0 Å². The maximum absolute atomic E-state index is 15.8. The number of amides is 3. The summed E-state index contributed by atoms with van der Waals surface area (Å²) in [4.78, 5) is 55.8. The van der Waals surface area contributed by atoms with Crippen molar-refractivity contribution in [2.75, 3.05) is 57.3 Å². The van der Waals surface area contributed by atoms with Gasteiger partial charge in [-0.3, -0.25) is 19.3 Å². The second-order valence-corrected chi connectivity index (χ2v) is 21.6. The van der Waals surface area contributed by atoms with Gasteiger partial charge in [-0.05, 0) is 148 Å². The van der Waals surface area contributed by atoms with Gasteiger partial charge in [-0.15, -0.1) is 0 Å². The normalized spacial score (nSPS) is 21.4. The number of carbonyl (C=O) groups is 3. The molecule has 0 aliphatic carbocycles. The molecule has 1 aromatic heterocycles. The average Bonchev–Trinajstić information content (AvgIpc) is 3.94. The lowest BCUT2D eigenvalue weighted by molar-refractivity contribution is -0.131. The van der Waals surface area contributed by atoms with E-state index >= 15 is 14.0 Å². The number of halogens is 4. The highest BCUT2D eigenvalue weighted by molar-refractivity contribution is 6.09. The number of nitriles is 1. The number of rotatable bonds is 14. The molecule has 0 saturated carbocycles. The van der Waals surface area contributed by atoms with E-state index < -0.39 is 42.6 Å². The van der Waals surface area contributed by atoms with Crippen LogP contribution in [-0.2, 0) is 44.2 Å². The third-order valence-electron chi connectivity index (χ3n) is 17.0. The van der Waals surface area contributed by atoms with E-state index in [4.69, 9.17) is 4.74 Å². The summed E-state index contributed by atoms with van der Waals surface area (Å²) in [6.45, 7) is 6.25. The Balaban J connectivity index is 0.978.